The standard InChI is InChI=1S/C23H26N2O6/c1-29-15-7-5-14(6-8-15)21(26)19-20(25(12-4-11-24)23(28)22(19)27)17-10-9-16(30-2)13-18(17)31-3/h5-10,13,20,26H,4,11-12,24H2,1-3H3/t20-/m1/s1. The molecule has 1 aliphatic rings. The highest BCUT2D eigenvalue weighted by molar-refractivity contribution is 6.46. The molecule has 1 atom stereocenters. The number of aliphatic hydroxyl groups is 1. The zero-order valence-corrected chi connectivity index (χ0v) is 17.8. The Hall–Kier alpha value is -3.52. The largest absolute Gasteiger partial charge is 0.507 e. The van der Waals surface area contributed by atoms with Gasteiger partial charge in [-0.15, -0.1) is 0 Å². The van der Waals surface area contributed by atoms with Crippen molar-refractivity contribution in [2.45, 2.75) is 12.5 Å². The Kier molecular flexibility index (Phi) is 6.81. The molecule has 0 unspecified atom stereocenters. The molecule has 164 valence electrons. The van der Waals surface area contributed by atoms with E-state index in [-0.39, 0.29) is 17.9 Å². The second kappa shape index (κ2) is 9.53. The van der Waals surface area contributed by atoms with Crippen LogP contribution in [0.4, 0.5) is 0 Å². The highest BCUT2D eigenvalue weighted by atomic mass is 16.5. The first kappa shape index (κ1) is 22.2. The Morgan fingerprint density at radius 2 is 1.65 bits per heavy atom. The topological polar surface area (TPSA) is 111 Å². The van der Waals surface area contributed by atoms with E-state index in [4.69, 9.17) is 19.9 Å². The van der Waals surface area contributed by atoms with Crippen LogP contribution < -0.4 is 19.9 Å². The Bertz CT molecular complexity index is 1000. The summed E-state index contributed by atoms with van der Waals surface area (Å²) >= 11 is 0. The fourth-order valence-corrected chi connectivity index (χ4v) is 3.64. The molecule has 3 rings (SSSR count). The highest BCUT2D eigenvalue weighted by Crippen LogP contribution is 2.43. The molecule has 1 amide bonds. The summed E-state index contributed by atoms with van der Waals surface area (Å²) in [5.41, 5.74) is 6.60. The number of nitrogens with two attached hydrogens (primary N) is 1. The zero-order chi connectivity index (χ0) is 22.5. The van der Waals surface area contributed by atoms with E-state index < -0.39 is 17.7 Å². The van der Waals surface area contributed by atoms with Gasteiger partial charge in [0.25, 0.3) is 11.7 Å². The molecule has 0 aliphatic carbocycles. The van der Waals surface area contributed by atoms with Gasteiger partial charge in [-0.25, -0.2) is 0 Å². The van der Waals surface area contributed by atoms with Crippen molar-refractivity contribution in [1.82, 2.24) is 4.90 Å². The molecule has 2 aromatic rings. The predicted molar refractivity (Wildman–Crippen MR) is 115 cm³/mol. The van der Waals surface area contributed by atoms with Crippen molar-refractivity contribution in [2.24, 2.45) is 5.73 Å². The first-order valence-corrected chi connectivity index (χ1v) is 9.81. The number of likely N-dealkylation sites (tertiary alicyclic amines) is 1. The van der Waals surface area contributed by atoms with Crippen LogP contribution in [0.25, 0.3) is 5.76 Å². The molecule has 0 spiro atoms. The molecule has 1 heterocycles. The summed E-state index contributed by atoms with van der Waals surface area (Å²) in [6, 6.07) is 10.9. The van der Waals surface area contributed by atoms with E-state index >= 15 is 0 Å². The number of carbonyl (C=O) groups is 2. The Balaban J connectivity index is 2.19. The Morgan fingerprint density at radius 1 is 1.00 bits per heavy atom. The average molecular weight is 426 g/mol. The summed E-state index contributed by atoms with van der Waals surface area (Å²) in [5.74, 6) is -0.105. The number of carbonyl (C=O) groups excluding carboxylic acids is 2. The number of ketones is 1. The van der Waals surface area contributed by atoms with Gasteiger partial charge in [-0.2, -0.15) is 0 Å². The van der Waals surface area contributed by atoms with Crippen molar-refractivity contribution in [1.29, 1.82) is 0 Å². The van der Waals surface area contributed by atoms with E-state index in [1.807, 2.05) is 0 Å². The van der Waals surface area contributed by atoms with Crippen LogP contribution in [-0.4, -0.2) is 56.1 Å². The SMILES string of the molecule is COc1ccc(C(O)=C2C(=O)C(=O)N(CCCN)[C@@H]2c2ccc(OC)cc2OC)cc1. The van der Waals surface area contributed by atoms with Crippen LogP contribution >= 0.6 is 0 Å². The van der Waals surface area contributed by atoms with Crippen molar-refractivity contribution < 1.29 is 28.9 Å². The molecule has 1 fully saturated rings. The molecule has 1 aliphatic heterocycles. The van der Waals surface area contributed by atoms with Gasteiger partial charge in [-0.1, -0.05) is 0 Å². The lowest BCUT2D eigenvalue weighted by Crippen LogP contribution is -2.31. The third-order valence-corrected chi connectivity index (χ3v) is 5.24. The molecule has 8 nitrogen and oxygen atoms in total. The Labute approximate surface area is 180 Å². The van der Waals surface area contributed by atoms with Gasteiger partial charge in [-0.3, -0.25) is 9.59 Å². The van der Waals surface area contributed by atoms with Gasteiger partial charge in [0, 0.05) is 23.7 Å². The number of methoxy groups -OCH3 is 3. The first-order chi connectivity index (χ1) is 15.0. The summed E-state index contributed by atoms with van der Waals surface area (Å²) < 4.78 is 15.9. The Morgan fingerprint density at radius 3 is 2.23 bits per heavy atom. The van der Waals surface area contributed by atoms with Crippen LogP contribution in [-0.2, 0) is 9.59 Å². The lowest BCUT2D eigenvalue weighted by molar-refractivity contribution is -0.139. The fraction of sp³-hybridized carbons (Fsp3) is 0.304. The molecule has 0 saturated carbocycles. The molecule has 0 aromatic heterocycles. The number of benzene rings is 2. The smallest absolute Gasteiger partial charge is 0.295 e. The third-order valence-electron chi connectivity index (χ3n) is 5.24. The quantitative estimate of drug-likeness (QED) is 0.379. The molecule has 8 heteroatoms. The van der Waals surface area contributed by atoms with E-state index in [2.05, 4.69) is 0 Å². The molecule has 0 radical (unpaired) electrons. The summed E-state index contributed by atoms with van der Waals surface area (Å²) in [6.45, 7) is 0.619. The number of hydrogen-bond acceptors (Lipinski definition) is 7. The van der Waals surface area contributed by atoms with E-state index in [0.717, 1.165) is 0 Å². The van der Waals surface area contributed by atoms with Crippen LogP contribution in [0.3, 0.4) is 0 Å². The molecule has 2 aromatic carbocycles. The van der Waals surface area contributed by atoms with Gasteiger partial charge in [0.2, 0.25) is 0 Å². The second-order valence-electron chi connectivity index (χ2n) is 6.97. The minimum atomic E-state index is -0.825. The third kappa shape index (κ3) is 4.20. The molecule has 31 heavy (non-hydrogen) atoms. The maximum atomic E-state index is 13.0. The lowest BCUT2D eigenvalue weighted by atomic mass is 9.94. The molecule has 3 N–H and O–H groups in total. The van der Waals surface area contributed by atoms with Gasteiger partial charge in [0.15, 0.2) is 0 Å². The highest BCUT2D eigenvalue weighted by Gasteiger charge is 2.46. The maximum absolute atomic E-state index is 13.0. The van der Waals surface area contributed by atoms with Gasteiger partial charge in [-0.05, 0) is 49.4 Å². The number of amides is 1. The van der Waals surface area contributed by atoms with Crippen molar-refractivity contribution >= 4 is 17.4 Å². The number of aliphatic hydroxyl groups excluding tert-OH is 1. The number of hydrogen-bond donors (Lipinski definition) is 2. The molecular weight excluding hydrogens is 400 g/mol. The van der Waals surface area contributed by atoms with E-state index in [9.17, 15) is 14.7 Å². The van der Waals surface area contributed by atoms with Crippen molar-refractivity contribution in [2.75, 3.05) is 34.4 Å². The molecular formula is C23H26N2O6. The normalized spacial score (nSPS) is 17.7. The number of ether oxygens (including phenoxy) is 3. The van der Waals surface area contributed by atoms with Gasteiger partial charge in [0.05, 0.1) is 32.9 Å². The van der Waals surface area contributed by atoms with Crippen molar-refractivity contribution in [3.05, 3.63) is 59.2 Å². The van der Waals surface area contributed by atoms with E-state index in [1.54, 1.807) is 42.5 Å². The van der Waals surface area contributed by atoms with Crippen LogP contribution in [0.5, 0.6) is 17.2 Å². The van der Waals surface area contributed by atoms with E-state index in [1.165, 1.54) is 26.2 Å². The van der Waals surface area contributed by atoms with Crippen LogP contribution in [0.1, 0.15) is 23.6 Å². The molecule has 0 bridgehead atoms. The second-order valence-corrected chi connectivity index (χ2v) is 6.97. The predicted octanol–water partition coefficient (Wildman–Crippen LogP) is 2.48. The van der Waals surface area contributed by atoms with Crippen molar-refractivity contribution in [3.8, 4) is 17.2 Å². The maximum Gasteiger partial charge on any atom is 0.295 e. The van der Waals surface area contributed by atoms with Gasteiger partial charge in [0.1, 0.15) is 23.0 Å². The summed E-state index contributed by atoms with van der Waals surface area (Å²) in [7, 11) is 4.56. The summed E-state index contributed by atoms with van der Waals surface area (Å²) in [5, 5.41) is 11.1. The zero-order valence-electron chi connectivity index (χ0n) is 17.8. The van der Waals surface area contributed by atoms with Gasteiger partial charge >= 0.3 is 0 Å². The van der Waals surface area contributed by atoms with E-state index in [0.29, 0.717) is 41.3 Å². The minimum Gasteiger partial charge on any atom is -0.507 e. The number of rotatable bonds is 8. The minimum absolute atomic E-state index is 0.00402. The molecule has 1 saturated heterocycles. The van der Waals surface area contributed by atoms with Gasteiger partial charge < -0.3 is 30.0 Å². The van der Waals surface area contributed by atoms with Crippen molar-refractivity contribution in [3.63, 3.8) is 0 Å². The summed E-state index contributed by atoms with van der Waals surface area (Å²) in [6.07, 6.45) is 0.505. The number of nitrogens with zero attached hydrogens (tertiary/aromatic N) is 1. The lowest BCUT2D eigenvalue weighted by Gasteiger charge is -2.26. The van der Waals surface area contributed by atoms with Crippen LogP contribution in [0.2, 0.25) is 0 Å². The van der Waals surface area contributed by atoms with Crippen LogP contribution in [0, 0.1) is 0 Å². The monoisotopic (exact) mass is 426 g/mol. The average Bonchev–Trinajstić information content (AvgIpc) is 3.06. The fourth-order valence-electron chi connectivity index (χ4n) is 3.64. The summed E-state index contributed by atoms with van der Waals surface area (Å²) in [4.78, 5) is 27.3. The van der Waals surface area contributed by atoms with Crippen LogP contribution in [0.15, 0.2) is 48.0 Å². The first-order valence-electron chi connectivity index (χ1n) is 9.81. The number of Topliss-reactive ketones (excluding diaryl/α,β-unsaturated/α-hetero) is 1.